The predicted molar refractivity (Wildman–Crippen MR) is 90.1 cm³/mol. The van der Waals surface area contributed by atoms with Gasteiger partial charge in [-0.3, -0.25) is 9.59 Å². The topological polar surface area (TPSA) is 100 Å². The fourth-order valence-electron chi connectivity index (χ4n) is 1.87. The number of phenols is 1. The SMILES string of the molecule is COc1ccccc1NC(=O)CC(=O)NN=Cc1ccc(O)cc1. The first kappa shape index (κ1) is 17.0. The second-order valence-corrected chi connectivity index (χ2v) is 4.81. The van der Waals surface area contributed by atoms with Crippen LogP contribution in [0.2, 0.25) is 0 Å². The Morgan fingerprint density at radius 3 is 2.54 bits per heavy atom. The van der Waals surface area contributed by atoms with Crippen LogP contribution in [0.15, 0.2) is 53.6 Å². The number of hydrogen-bond donors (Lipinski definition) is 3. The highest BCUT2D eigenvalue weighted by molar-refractivity contribution is 6.04. The summed E-state index contributed by atoms with van der Waals surface area (Å²) in [7, 11) is 1.50. The van der Waals surface area contributed by atoms with Crippen LogP contribution in [-0.4, -0.2) is 30.2 Å². The summed E-state index contributed by atoms with van der Waals surface area (Å²) in [5.41, 5.74) is 3.46. The van der Waals surface area contributed by atoms with Crippen molar-refractivity contribution in [1.29, 1.82) is 0 Å². The standard InChI is InChI=1S/C17H17N3O4/c1-24-15-5-3-2-4-14(15)19-16(22)10-17(23)20-18-11-12-6-8-13(21)9-7-12/h2-9,11,21H,10H2,1H3,(H,19,22)(H,20,23). The molecule has 0 aliphatic heterocycles. The number of benzene rings is 2. The van der Waals surface area contributed by atoms with Gasteiger partial charge in [-0.1, -0.05) is 12.1 Å². The Hall–Kier alpha value is -3.35. The first-order chi connectivity index (χ1) is 11.6. The van der Waals surface area contributed by atoms with Crippen molar-refractivity contribution in [2.24, 2.45) is 5.10 Å². The van der Waals surface area contributed by atoms with E-state index in [1.165, 1.54) is 25.5 Å². The number of aromatic hydroxyl groups is 1. The van der Waals surface area contributed by atoms with Crippen LogP contribution in [-0.2, 0) is 9.59 Å². The number of rotatable bonds is 6. The number of hydrazone groups is 1. The molecule has 7 heteroatoms. The highest BCUT2D eigenvalue weighted by atomic mass is 16.5. The van der Waals surface area contributed by atoms with Crippen LogP contribution in [0.4, 0.5) is 5.69 Å². The zero-order valence-corrected chi connectivity index (χ0v) is 13.0. The first-order valence-electron chi connectivity index (χ1n) is 7.12. The van der Waals surface area contributed by atoms with Crippen molar-refractivity contribution in [2.75, 3.05) is 12.4 Å². The molecule has 0 unspecified atom stereocenters. The van der Waals surface area contributed by atoms with Gasteiger partial charge in [0.1, 0.15) is 17.9 Å². The number of hydrogen-bond acceptors (Lipinski definition) is 5. The molecule has 3 N–H and O–H groups in total. The van der Waals surface area contributed by atoms with Gasteiger partial charge in [-0.2, -0.15) is 5.10 Å². The Balaban J connectivity index is 1.83. The van der Waals surface area contributed by atoms with Crippen LogP contribution < -0.4 is 15.5 Å². The highest BCUT2D eigenvalue weighted by Crippen LogP contribution is 2.22. The number of ether oxygens (including phenoxy) is 1. The molecule has 2 aromatic carbocycles. The van der Waals surface area contributed by atoms with Crippen molar-refractivity contribution in [3.8, 4) is 11.5 Å². The summed E-state index contributed by atoms with van der Waals surface area (Å²) >= 11 is 0. The van der Waals surface area contributed by atoms with E-state index in [4.69, 9.17) is 9.84 Å². The molecule has 0 bridgehead atoms. The van der Waals surface area contributed by atoms with Crippen molar-refractivity contribution in [2.45, 2.75) is 6.42 Å². The third-order valence-electron chi connectivity index (χ3n) is 3.00. The Bertz CT molecular complexity index is 742. The van der Waals surface area contributed by atoms with E-state index in [9.17, 15) is 9.59 Å². The molecule has 0 heterocycles. The molecule has 24 heavy (non-hydrogen) atoms. The van der Waals surface area contributed by atoms with Gasteiger partial charge in [0.05, 0.1) is 19.0 Å². The van der Waals surface area contributed by atoms with Crippen molar-refractivity contribution < 1.29 is 19.4 Å². The normalized spacial score (nSPS) is 10.4. The molecule has 0 aliphatic carbocycles. The van der Waals surface area contributed by atoms with Gasteiger partial charge in [0.2, 0.25) is 11.8 Å². The lowest BCUT2D eigenvalue weighted by atomic mass is 10.2. The maximum absolute atomic E-state index is 11.9. The molecule has 0 saturated carbocycles. The minimum absolute atomic E-state index is 0.143. The van der Waals surface area contributed by atoms with Gasteiger partial charge in [-0.05, 0) is 42.0 Å². The summed E-state index contributed by atoms with van der Waals surface area (Å²) < 4.78 is 5.12. The Morgan fingerprint density at radius 2 is 1.83 bits per heavy atom. The number of phenolic OH excluding ortho intramolecular Hbond substituents is 1. The van der Waals surface area contributed by atoms with Gasteiger partial charge < -0.3 is 15.2 Å². The van der Waals surface area contributed by atoms with Crippen molar-refractivity contribution in [3.05, 3.63) is 54.1 Å². The number of amides is 2. The molecule has 0 atom stereocenters. The van der Waals surface area contributed by atoms with Gasteiger partial charge in [0, 0.05) is 0 Å². The number of nitrogens with zero attached hydrogens (tertiary/aromatic N) is 1. The van der Waals surface area contributed by atoms with Gasteiger partial charge in [-0.15, -0.1) is 0 Å². The smallest absolute Gasteiger partial charge is 0.249 e. The zero-order valence-electron chi connectivity index (χ0n) is 13.0. The van der Waals surface area contributed by atoms with E-state index in [-0.39, 0.29) is 12.2 Å². The summed E-state index contributed by atoms with van der Waals surface area (Å²) in [6.07, 6.45) is 1.04. The minimum Gasteiger partial charge on any atom is -0.508 e. The molecule has 0 aromatic heterocycles. The molecule has 0 spiro atoms. The van der Waals surface area contributed by atoms with Crippen LogP contribution >= 0.6 is 0 Å². The van der Waals surface area contributed by atoms with Crippen LogP contribution in [0.25, 0.3) is 0 Å². The molecular weight excluding hydrogens is 310 g/mol. The van der Waals surface area contributed by atoms with Gasteiger partial charge in [0.25, 0.3) is 0 Å². The lowest BCUT2D eigenvalue weighted by Gasteiger charge is -2.09. The van der Waals surface area contributed by atoms with Gasteiger partial charge in [0.15, 0.2) is 0 Å². The molecule has 7 nitrogen and oxygen atoms in total. The second kappa shape index (κ2) is 8.33. The summed E-state index contributed by atoms with van der Waals surface area (Å²) in [4.78, 5) is 23.5. The van der Waals surface area contributed by atoms with Crippen LogP contribution in [0.1, 0.15) is 12.0 Å². The first-order valence-corrected chi connectivity index (χ1v) is 7.12. The molecule has 2 aromatic rings. The van der Waals surface area contributed by atoms with E-state index in [0.29, 0.717) is 17.0 Å². The van der Waals surface area contributed by atoms with E-state index in [1.807, 2.05) is 0 Å². The monoisotopic (exact) mass is 327 g/mol. The fourth-order valence-corrected chi connectivity index (χ4v) is 1.87. The number of carbonyl (C=O) groups excluding carboxylic acids is 2. The van der Waals surface area contributed by atoms with Gasteiger partial charge in [-0.25, -0.2) is 5.43 Å². The maximum Gasteiger partial charge on any atom is 0.249 e. The molecule has 2 rings (SSSR count). The van der Waals surface area contributed by atoms with E-state index < -0.39 is 11.8 Å². The average molecular weight is 327 g/mol. The van der Waals surface area contributed by atoms with E-state index in [1.54, 1.807) is 36.4 Å². The third-order valence-corrected chi connectivity index (χ3v) is 3.00. The average Bonchev–Trinajstić information content (AvgIpc) is 2.57. The predicted octanol–water partition coefficient (Wildman–Crippen LogP) is 1.88. The molecule has 124 valence electrons. The van der Waals surface area contributed by atoms with Crippen LogP contribution in [0, 0.1) is 0 Å². The van der Waals surface area contributed by atoms with Crippen LogP contribution in [0.3, 0.4) is 0 Å². The zero-order chi connectivity index (χ0) is 17.4. The summed E-state index contributed by atoms with van der Waals surface area (Å²) in [6, 6.07) is 13.2. The number of carbonyl (C=O) groups is 2. The molecule has 0 fully saturated rings. The number of methoxy groups -OCH3 is 1. The lowest BCUT2D eigenvalue weighted by Crippen LogP contribution is -2.24. The molecule has 0 aliphatic rings. The summed E-state index contributed by atoms with van der Waals surface area (Å²) in [5, 5.41) is 15.5. The summed E-state index contributed by atoms with van der Waals surface area (Å²) in [6.45, 7) is 0. The van der Waals surface area contributed by atoms with E-state index >= 15 is 0 Å². The molecule has 0 saturated heterocycles. The quantitative estimate of drug-likeness (QED) is 0.428. The Morgan fingerprint density at radius 1 is 1.12 bits per heavy atom. The van der Waals surface area contributed by atoms with E-state index in [2.05, 4.69) is 15.8 Å². The molecular formula is C17H17N3O4. The fraction of sp³-hybridized carbons (Fsp3) is 0.118. The van der Waals surface area contributed by atoms with Crippen molar-refractivity contribution in [1.82, 2.24) is 5.43 Å². The lowest BCUT2D eigenvalue weighted by molar-refractivity contribution is -0.126. The van der Waals surface area contributed by atoms with E-state index in [0.717, 1.165) is 0 Å². The van der Waals surface area contributed by atoms with Crippen molar-refractivity contribution in [3.63, 3.8) is 0 Å². The van der Waals surface area contributed by atoms with Crippen LogP contribution in [0.5, 0.6) is 11.5 Å². The number of para-hydroxylation sites is 2. The third kappa shape index (κ3) is 5.13. The Labute approximate surface area is 139 Å². The summed E-state index contributed by atoms with van der Waals surface area (Å²) in [5.74, 6) is -0.366. The number of anilines is 1. The van der Waals surface area contributed by atoms with Gasteiger partial charge >= 0.3 is 0 Å². The highest BCUT2D eigenvalue weighted by Gasteiger charge is 2.11. The van der Waals surface area contributed by atoms with Crippen molar-refractivity contribution >= 4 is 23.7 Å². The second-order valence-electron chi connectivity index (χ2n) is 4.81. The molecule has 0 radical (unpaired) electrons. The number of nitrogens with one attached hydrogen (secondary N) is 2. The minimum atomic E-state index is -0.544. The maximum atomic E-state index is 11.9. The largest absolute Gasteiger partial charge is 0.508 e. The molecule has 2 amide bonds. The Kier molecular flexibility index (Phi) is 5.90.